The van der Waals surface area contributed by atoms with E-state index in [9.17, 15) is 9.90 Å². The highest BCUT2D eigenvalue weighted by Crippen LogP contribution is 2.39. The van der Waals surface area contributed by atoms with Gasteiger partial charge in [0.1, 0.15) is 22.7 Å². The van der Waals surface area contributed by atoms with E-state index in [1.807, 2.05) is 13.8 Å². The number of nitrogens with two attached hydrogens (primary N) is 1. The van der Waals surface area contributed by atoms with E-state index in [0.717, 1.165) is 0 Å². The molecule has 4 N–H and O–H groups in total. The number of anilines is 2. The Bertz CT molecular complexity index is 1340. The van der Waals surface area contributed by atoms with Gasteiger partial charge in [-0.3, -0.25) is 4.79 Å². The van der Waals surface area contributed by atoms with Crippen molar-refractivity contribution in [3.05, 3.63) is 77.5 Å². The number of benzene rings is 1. The molecule has 3 aromatic heterocycles. The monoisotopic (exact) mass is 496 g/mol. The number of methoxy groups -OCH3 is 1. The zero-order valence-electron chi connectivity index (χ0n) is 19.4. The van der Waals surface area contributed by atoms with E-state index >= 15 is 4.39 Å². The highest BCUT2D eigenvalue weighted by atomic mass is 32.1. The molecule has 182 valence electrons. The number of aromatic nitrogens is 4. The van der Waals surface area contributed by atoms with E-state index in [1.165, 1.54) is 28.3 Å². The maximum atomic E-state index is 15.1. The Hall–Kier alpha value is -3.67. The topological polar surface area (TPSA) is 128 Å². The summed E-state index contributed by atoms with van der Waals surface area (Å²) in [6, 6.07) is 11.1. The third-order valence-electron chi connectivity index (χ3n) is 5.72. The molecule has 3 heterocycles. The Balaban J connectivity index is 1.66. The zero-order valence-corrected chi connectivity index (χ0v) is 20.2. The summed E-state index contributed by atoms with van der Waals surface area (Å²) in [5, 5.41) is 21.1. The minimum absolute atomic E-state index is 0.216. The van der Waals surface area contributed by atoms with E-state index in [4.69, 9.17) is 10.5 Å². The van der Waals surface area contributed by atoms with Crippen LogP contribution in [0.15, 0.2) is 54.9 Å². The summed E-state index contributed by atoms with van der Waals surface area (Å²) in [7, 11) is 1.57. The minimum atomic E-state index is -0.653. The van der Waals surface area contributed by atoms with Gasteiger partial charge in [-0.2, -0.15) is 0 Å². The fourth-order valence-corrected chi connectivity index (χ4v) is 4.62. The molecule has 1 amide bonds. The number of amides is 1. The lowest BCUT2D eigenvalue weighted by molar-refractivity contribution is 0.0190. The molecule has 9 nitrogen and oxygen atoms in total. The maximum absolute atomic E-state index is 15.1. The molecule has 0 aliphatic carbocycles. The van der Waals surface area contributed by atoms with Crippen molar-refractivity contribution in [2.45, 2.75) is 25.5 Å². The number of rotatable bonds is 9. The number of carbonyl (C=O) groups is 1. The first-order valence-corrected chi connectivity index (χ1v) is 11.5. The van der Waals surface area contributed by atoms with Crippen molar-refractivity contribution in [3.8, 4) is 10.4 Å². The van der Waals surface area contributed by atoms with Crippen LogP contribution in [0.4, 0.5) is 15.2 Å². The van der Waals surface area contributed by atoms with E-state index in [0.29, 0.717) is 32.5 Å². The number of nitrogens with zero attached hydrogens (tertiary/aromatic N) is 4. The Labute approximate surface area is 205 Å². The second kappa shape index (κ2) is 9.90. The smallest absolute Gasteiger partial charge is 0.251 e. The number of primary amides is 1. The standard InChI is InChI=1S/C24H25FN6O3S/c1-24(2,34-3)14-7-8-15(17(25)11-14)20-12-16(22(26)33)23(35-20)29-21-6-4-5-18(28-21)19(13-32)31-10-9-27-30-31/h4-12,19,32H,13H2,1-3H3,(H2,26,33)(H,28,29). The number of aliphatic hydroxyl groups is 1. The third kappa shape index (κ3) is 5.06. The normalized spacial score (nSPS) is 12.5. The first-order chi connectivity index (χ1) is 16.7. The van der Waals surface area contributed by atoms with Crippen LogP contribution >= 0.6 is 11.3 Å². The predicted molar refractivity (Wildman–Crippen MR) is 131 cm³/mol. The Morgan fingerprint density at radius 2 is 2.11 bits per heavy atom. The van der Waals surface area contributed by atoms with Gasteiger partial charge in [0.25, 0.3) is 5.91 Å². The molecule has 1 unspecified atom stereocenters. The number of pyridine rings is 1. The predicted octanol–water partition coefficient (Wildman–Crippen LogP) is 3.85. The van der Waals surface area contributed by atoms with Gasteiger partial charge in [0.15, 0.2) is 0 Å². The van der Waals surface area contributed by atoms with Crippen molar-refractivity contribution in [2.75, 3.05) is 19.0 Å². The molecule has 0 aliphatic rings. The van der Waals surface area contributed by atoms with Gasteiger partial charge in [-0.25, -0.2) is 14.1 Å². The molecule has 4 aromatic rings. The molecule has 4 rings (SSSR count). The van der Waals surface area contributed by atoms with Gasteiger partial charge in [0, 0.05) is 23.7 Å². The van der Waals surface area contributed by atoms with Crippen LogP contribution in [0, 0.1) is 5.82 Å². The van der Waals surface area contributed by atoms with Crippen LogP contribution in [0.1, 0.15) is 41.5 Å². The molecule has 0 aliphatic heterocycles. The fourth-order valence-electron chi connectivity index (χ4n) is 3.53. The summed E-state index contributed by atoms with van der Waals surface area (Å²) >= 11 is 1.19. The summed E-state index contributed by atoms with van der Waals surface area (Å²) in [4.78, 5) is 17.2. The third-order valence-corrected chi connectivity index (χ3v) is 6.81. The molecule has 11 heteroatoms. The van der Waals surface area contributed by atoms with Crippen molar-refractivity contribution in [2.24, 2.45) is 5.73 Å². The highest BCUT2D eigenvalue weighted by Gasteiger charge is 2.23. The number of hydrogen-bond donors (Lipinski definition) is 3. The number of halogens is 1. The summed E-state index contributed by atoms with van der Waals surface area (Å²) in [5.41, 5.74) is 6.76. The van der Waals surface area contributed by atoms with Gasteiger partial charge < -0.3 is 20.9 Å². The fraction of sp³-hybridized carbons (Fsp3) is 0.250. The summed E-state index contributed by atoms with van der Waals surface area (Å²) < 4.78 is 22.0. The molecule has 0 fully saturated rings. The molecule has 35 heavy (non-hydrogen) atoms. The molecule has 0 radical (unpaired) electrons. The molecular formula is C24H25FN6O3S. The second-order valence-electron chi connectivity index (χ2n) is 8.28. The number of ether oxygens (including phenoxy) is 1. The van der Waals surface area contributed by atoms with Gasteiger partial charge in [-0.05, 0) is 43.7 Å². The van der Waals surface area contributed by atoms with Crippen molar-refractivity contribution < 1.29 is 19.0 Å². The summed E-state index contributed by atoms with van der Waals surface area (Å²) in [6.07, 6.45) is 3.14. The molecule has 0 saturated carbocycles. The zero-order chi connectivity index (χ0) is 25.2. The minimum Gasteiger partial charge on any atom is -0.394 e. The molecule has 1 aromatic carbocycles. The van der Waals surface area contributed by atoms with Gasteiger partial charge >= 0.3 is 0 Å². The van der Waals surface area contributed by atoms with Crippen molar-refractivity contribution in [1.82, 2.24) is 20.0 Å². The van der Waals surface area contributed by atoms with Crippen LogP contribution in [0.2, 0.25) is 0 Å². The lowest BCUT2D eigenvalue weighted by atomic mass is 9.96. The van der Waals surface area contributed by atoms with Gasteiger partial charge in [-0.1, -0.05) is 23.4 Å². The SMILES string of the molecule is COC(C)(C)c1ccc(-c2cc(C(N)=O)c(Nc3cccc(C(CO)n4ccnn4)n3)s2)c(F)c1. The van der Waals surface area contributed by atoms with Crippen molar-refractivity contribution in [1.29, 1.82) is 0 Å². The largest absolute Gasteiger partial charge is 0.394 e. The van der Waals surface area contributed by atoms with Crippen molar-refractivity contribution in [3.63, 3.8) is 0 Å². The quantitative estimate of drug-likeness (QED) is 0.321. The first kappa shape index (κ1) is 24.5. The first-order valence-electron chi connectivity index (χ1n) is 10.7. The number of aliphatic hydroxyl groups excluding tert-OH is 1. The number of carbonyl (C=O) groups excluding carboxylic acids is 1. The van der Waals surface area contributed by atoms with E-state index in [-0.39, 0.29) is 12.2 Å². The summed E-state index contributed by atoms with van der Waals surface area (Å²) in [5.74, 6) is -0.663. The maximum Gasteiger partial charge on any atom is 0.251 e. The Kier molecular flexibility index (Phi) is 6.92. The van der Waals surface area contributed by atoms with E-state index in [1.54, 1.807) is 49.7 Å². The van der Waals surface area contributed by atoms with Crippen molar-refractivity contribution >= 4 is 28.1 Å². The number of hydrogen-bond acceptors (Lipinski definition) is 8. The van der Waals surface area contributed by atoms with Gasteiger partial charge in [0.2, 0.25) is 0 Å². The van der Waals surface area contributed by atoms with E-state index in [2.05, 4.69) is 20.6 Å². The Morgan fingerprint density at radius 1 is 1.31 bits per heavy atom. The lowest BCUT2D eigenvalue weighted by Crippen LogP contribution is -2.19. The van der Waals surface area contributed by atoms with Crippen LogP contribution in [0.25, 0.3) is 10.4 Å². The highest BCUT2D eigenvalue weighted by molar-refractivity contribution is 7.19. The average Bonchev–Trinajstić information content (AvgIpc) is 3.50. The van der Waals surface area contributed by atoms with E-state index < -0.39 is 23.4 Å². The van der Waals surface area contributed by atoms with Crippen LogP contribution in [-0.4, -0.2) is 44.7 Å². The summed E-state index contributed by atoms with van der Waals surface area (Å²) in [6.45, 7) is 3.47. The van der Waals surface area contributed by atoms with Crippen LogP contribution in [0.3, 0.4) is 0 Å². The number of thiophene rings is 1. The van der Waals surface area contributed by atoms with Gasteiger partial charge in [-0.15, -0.1) is 16.4 Å². The number of nitrogens with one attached hydrogen (secondary N) is 1. The second-order valence-corrected chi connectivity index (χ2v) is 9.33. The average molecular weight is 497 g/mol. The molecular weight excluding hydrogens is 471 g/mol. The Morgan fingerprint density at radius 3 is 2.74 bits per heavy atom. The van der Waals surface area contributed by atoms with Crippen LogP contribution < -0.4 is 11.1 Å². The molecule has 0 spiro atoms. The van der Waals surface area contributed by atoms with Crippen LogP contribution in [0.5, 0.6) is 0 Å². The molecule has 1 atom stereocenters. The molecule has 0 bridgehead atoms. The molecule has 0 saturated heterocycles. The van der Waals surface area contributed by atoms with Gasteiger partial charge in [0.05, 0.1) is 29.7 Å². The van der Waals surface area contributed by atoms with Crippen LogP contribution in [-0.2, 0) is 10.3 Å². The lowest BCUT2D eigenvalue weighted by Gasteiger charge is -2.23.